The van der Waals surface area contributed by atoms with E-state index in [-0.39, 0.29) is 0 Å². The molecule has 0 aliphatic heterocycles. The van der Waals surface area contributed by atoms with E-state index < -0.39 is 0 Å². The highest BCUT2D eigenvalue weighted by Gasteiger charge is 2.02. The third kappa shape index (κ3) is 1.81. The van der Waals surface area contributed by atoms with Crippen LogP contribution in [0.4, 0.5) is 0 Å². The maximum absolute atomic E-state index is 10.6. The number of hydrogen-bond donors (Lipinski definition) is 0. The van der Waals surface area contributed by atoms with Crippen LogP contribution < -0.4 is 0 Å². The Morgan fingerprint density at radius 1 is 1.33 bits per heavy atom. The minimum absolute atomic E-state index is 0.695. The van der Waals surface area contributed by atoms with Gasteiger partial charge in [-0.1, -0.05) is 0 Å². The molecule has 1 heterocycles. The number of carbonyl (C=O) groups is 1. The maximum Gasteiger partial charge on any atom is 0.150 e. The fraction of sp³-hybridized carbons (Fsp3) is 0.167. The van der Waals surface area contributed by atoms with Gasteiger partial charge < -0.3 is 0 Å². The van der Waals surface area contributed by atoms with Crippen molar-refractivity contribution < 1.29 is 4.79 Å². The van der Waals surface area contributed by atoms with Crippen molar-refractivity contribution in [2.75, 3.05) is 0 Å². The number of aldehydes is 1. The highest BCUT2D eigenvalue weighted by molar-refractivity contribution is 5.75. The fourth-order valence-electron chi connectivity index (χ4n) is 1.55. The molecule has 0 unspecified atom stereocenters. The predicted octanol–water partition coefficient (Wildman–Crippen LogP) is 2.30. The molecular weight excluding hydrogens is 188 g/mol. The Kier molecular flexibility index (Phi) is 2.37. The second-order valence-corrected chi connectivity index (χ2v) is 3.63. The largest absolute Gasteiger partial charge is 0.298 e. The van der Waals surface area contributed by atoms with Gasteiger partial charge in [-0.25, -0.2) is 4.68 Å². The van der Waals surface area contributed by atoms with Crippen LogP contribution in [0, 0.1) is 13.8 Å². The molecule has 1 aromatic heterocycles. The average Bonchev–Trinajstić information content (AvgIpc) is 2.64. The molecule has 2 rings (SSSR count). The van der Waals surface area contributed by atoms with Crippen LogP contribution in [0.15, 0.2) is 30.6 Å². The van der Waals surface area contributed by atoms with Crippen molar-refractivity contribution in [3.63, 3.8) is 0 Å². The summed E-state index contributed by atoms with van der Waals surface area (Å²) in [7, 11) is 0. The third-order valence-electron chi connectivity index (χ3n) is 2.32. The summed E-state index contributed by atoms with van der Waals surface area (Å²) in [5.41, 5.74) is 3.87. The summed E-state index contributed by atoms with van der Waals surface area (Å²) in [5.74, 6) is 0. The van der Waals surface area contributed by atoms with Crippen molar-refractivity contribution in [3.8, 4) is 5.69 Å². The van der Waals surface area contributed by atoms with E-state index in [0.717, 1.165) is 23.1 Å². The van der Waals surface area contributed by atoms with Crippen LogP contribution in [-0.2, 0) is 0 Å². The van der Waals surface area contributed by atoms with Crippen LogP contribution in [-0.4, -0.2) is 16.1 Å². The van der Waals surface area contributed by atoms with Crippen molar-refractivity contribution in [1.29, 1.82) is 0 Å². The van der Waals surface area contributed by atoms with Crippen molar-refractivity contribution in [1.82, 2.24) is 9.78 Å². The van der Waals surface area contributed by atoms with E-state index in [9.17, 15) is 4.79 Å². The molecule has 76 valence electrons. The van der Waals surface area contributed by atoms with Crippen LogP contribution >= 0.6 is 0 Å². The quantitative estimate of drug-likeness (QED) is 0.697. The highest BCUT2D eigenvalue weighted by Crippen LogP contribution is 2.14. The van der Waals surface area contributed by atoms with Crippen molar-refractivity contribution in [2.45, 2.75) is 13.8 Å². The Bertz CT molecular complexity index is 500. The summed E-state index contributed by atoms with van der Waals surface area (Å²) in [5, 5.41) is 4.23. The van der Waals surface area contributed by atoms with E-state index in [0.29, 0.717) is 5.56 Å². The second-order valence-electron chi connectivity index (χ2n) is 3.63. The molecule has 0 aliphatic rings. The van der Waals surface area contributed by atoms with Gasteiger partial charge in [0.15, 0.2) is 0 Å². The molecule has 1 aromatic carbocycles. The van der Waals surface area contributed by atoms with Gasteiger partial charge in [0, 0.05) is 11.8 Å². The van der Waals surface area contributed by atoms with E-state index >= 15 is 0 Å². The topological polar surface area (TPSA) is 34.9 Å². The number of carbonyl (C=O) groups excluding carboxylic acids is 1. The molecule has 0 fully saturated rings. The summed E-state index contributed by atoms with van der Waals surface area (Å²) < 4.78 is 1.82. The lowest BCUT2D eigenvalue weighted by Crippen LogP contribution is -1.98. The summed E-state index contributed by atoms with van der Waals surface area (Å²) in [6, 6.07) is 5.57. The molecule has 2 aromatic rings. The molecule has 15 heavy (non-hydrogen) atoms. The van der Waals surface area contributed by atoms with Crippen LogP contribution in [0.5, 0.6) is 0 Å². The monoisotopic (exact) mass is 200 g/mol. The molecule has 0 aliphatic carbocycles. The standard InChI is InChI=1S/C12H12N2O/c1-9-6-13-14(7-9)12-4-3-11(8-15)5-10(12)2/h3-8H,1-2H3. The molecule has 0 atom stereocenters. The zero-order valence-electron chi connectivity index (χ0n) is 8.77. The van der Waals surface area contributed by atoms with Crippen LogP contribution in [0.3, 0.4) is 0 Å². The molecule has 0 radical (unpaired) electrons. The number of benzene rings is 1. The van der Waals surface area contributed by atoms with Gasteiger partial charge in [-0.15, -0.1) is 0 Å². The van der Waals surface area contributed by atoms with E-state index in [1.54, 1.807) is 6.07 Å². The number of rotatable bonds is 2. The minimum atomic E-state index is 0.695. The maximum atomic E-state index is 10.6. The van der Waals surface area contributed by atoms with E-state index in [1.165, 1.54) is 0 Å². The van der Waals surface area contributed by atoms with Gasteiger partial charge in [-0.05, 0) is 43.2 Å². The Balaban J connectivity index is 2.49. The van der Waals surface area contributed by atoms with Gasteiger partial charge in [0.1, 0.15) is 6.29 Å². The second kappa shape index (κ2) is 3.69. The zero-order valence-corrected chi connectivity index (χ0v) is 8.77. The van der Waals surface area contributed by atoms with E-state index in [4.69, 9.17) is 0 Å². The summed E-state index contributed by atoms with van der Waals surface area (Å²) >= 11 is 0. The molecule has 0 bridgehead atoms. The molecule has 3 heteroatoms. The minimum Gasteiger partial charge on any atom is -0.298 e. The fourth-order valence-corrected chi connectivity index (χ4v) is 1.55. The molecule has 0 spiro atoms. The highest BCUT2D eigenvalue weighted by atomic mass is 16.1. The predicted molar refractivity (Wildman–Crippen MR) is 58.4 cm³/mol. The summed E-state index contributed by atoms with van der Waals surface area (Å²) in [6.07, 6.45) is 4.63. The molecule has 0 saturated heterocycles. The Hall–Kier alpha value is -1.90. The van der Waals surface area contributed by atoms with Crippen molar-refractivity contribution >= 4 is 6.29 Å². The number of hydrogen-bond acceptors (Lipinski definition) is 2. The normalized spacial score (nSPS) is 10.3. The van der Waals surface area contributed by atoms with Gasteiger partial charge in [0.05, 0.1) is 11.9 Å². The smallest absolute Gasteiger partial charge is 0.150 e. The van der Waals surface area contributed by atoms with Gasteiger partial charge in [-0.2, -0.15) is 5.10 Å². The summed E-state index contributed by atoms with van der Waals surface area (Å²) in [6.45, 7) is 3.97. The molecule has 0 saturated carbocycles. The van der Waals surface area contributed by atoms with Crippen molar-refractivity contribution in [2.24, 2.45) is 0 Å². The molecule has 3 nitrogen and oxygen atoms in total. The SMILES string of the molecule is Cc1cnn(-c2ccc(C=O)cc2C)c1. The zero-order chi connectivity index (χ0) is 10.8. The Morgan fingerprint density at radius 3 is 2.67 bits per heavy atom. The number of aryl methyl sites for hydroxylation is 2. The molecular formula is C12H12N2O. The van der Waals surface area contributed by atoms with Gasteiger partial charge in [0.25, 0.3) is 0 Å². The van der Waals surface area contributed by atoms with E-state index in [1.807, 2.05) is 43.1 Å². The van der Waals surface area contributed by atoms with Crippen LogP contribution in [0.1, 0.15) is 21.5 Å². The lowest BCUT2D eigenvalue weighted by Gasteiger charge is -2.05. The van der Waals surface area contributed by atoms with Crippen LogP contribution in [0.2, 0.25) is 0 Å². The third-order valence-corrected chi connectivity index (χ3v) is 2.32. The number of nitrogens with zero attached hydrogens (tertiary/aromatic N) is 2. The van der Waals surface area contributed by atoms with Gasteiger partial charge in [-0.3, -0.25) is 4.79 Å². The number of aromatic nitrogens is 2. The van der Waals surface area contributed by atoms with Crippen molar-refractivity contribution in [3.05, 3.63) is 47.3 Å². The first-order valence-electron chi connectivity index (χ1n) is 4.78. The Labute approximate surface area is 88.4 Å². The first-order chi connectivity index (χ1) is 7.20. The lowest BCUT2D eigenvalue weighted by atomic mass is 10.1. The van der Waals surface area contributed by atoms with Crippen LogP contribution in [0.25, 0.3) is 5.69 Å². The molecule has 0 amide bonds. The molecule has 0 N–H and O–H groups in total. The first-order valence-corrected chi connectivity index (χ1v) is 4.78. The first kappa shape index (κ1) is 9.65. The lowest BCUT2D eigenvalue weighted by molar-refractivity contribution is 0.112. The van der Waals surface area contributed by atoms with E-state index in [2.05, 4.69) is 5.10 Å². The van der Waals surface area contributed by atoms with Gasteiger partial charge in [0.2, 0.25) is 0 Å². The van der Waals surface area contributed by atoms with Gasteiger partial charge >= 0.3 is 0 Å². The Morgan fingerprint density at radius 2 is 2.13 bits per heavy atom. The average molecular weight is 200 g/mol. The summed E-state index contributed by atoms with van der Waals surface area (Å²) in [4.78, 5) is 10.6.